The number of hydroxylamine groups is 1. The van der Waals surface area contributed by atoms with Gasteiger partial charge in [-0.3, -0.25) is 4.84 Å². The molecule has 1 N–H and O–H groups in total. The van der Waals surface area contributed by atoms with Gasteiger partial charge in [-0.05, 0) is 23.8 Å². The van der Waals surface area contributed by atoms with E-state index >= 15 is 0 Å². The average Bonchev–Trinajstić information content (AvgIpc) is 2.52. The predicted molar refractivity (Wildman–Crippen MR) is 75.8 cm³/mol. The van der Waals surface area contributed by atoms with Crippen molar-refractivity contribution >= 4 is 0 Å². The molecule has 0 atom stereocenters. The van der Waals surface area contributed by atoms with Gasteiger partial charge >= 0.3 is 0 Å². The lowest BCUT2D eigenvalue weighted by atomic mass is 10.1. The van der Waals surface area contributed by atoms with E-state index in [4.69, 9.17) is 14.8 Å². The molecule has 2 aromatic carbocycles. The molecule has 0 bridgehead atoms. The van der Waals surface area contributed by atoms with E-state index in [1.165, 1.54) is 0 Å². The third kappa shape index (κ3) is 3.82. The van der Waals surface area contributed by atoms with E-state index in [1.807, 2.05) is 30.3 Å². The van der Waals surface area contributed by atoms with E-state index in [1.54, 1.807) is 25.3 Å². The molecule has 0 aliphatic heterocycles. The molecule has 0 aromatic heterocycles. The quantitative estimate of drug-likeness (QED) is 0.646. The van der Waals surface area contributed by atoms with Gasteiger partial charge < -0.3 is 4.74 Å². The van der Waals surface area contributed by atoms with Gasteiger partial charge in [-0.1, -0.05) is 30.3 Å². The van der Waals surface area contributed by atoms with Crippen molar-refractivity contribution in [2.24, 2.45) is 0 Å². The number of hydrogen-bond acceptors (Lipinski definition) is 4. The first kappa shape index (κ1) is 14.1. The fourth-order valence-electron chi connectivity index (χ4n) is 1.82. The molecule has 20 heavy (non-hydrogen) atoms. The second-order valence-electron chi connectivity index (χ2n) is 4.23. The molecule has 4 nitrogen and oxygen atoms in total. The Morgan fingerprint density at radius 1 is 1.15 bits per heavy atom. The number of hydrogen-bond donors (Lipinski definition) is 1. The zero-order valence-corrected chi connectivity index (χ0v) is 11.3. The van der Waals surface area contributed by atoms with Gasteiger partial charge in [-0.2, -0.15) is 10.7 Å². The monoisotopic (exact) mass is 268 g/mol. The van der Waals surface area contributed by atoms with Crippen LogP contribution in [0.15, 0.2) is 48.5 Å². The van der Waals surface area contributed by atoms with Crippen LogP contribution in [0, 0.1) is 11.3 Å². The largest absolute Gasteiger partial charge is 0.496 e. The molecule has 0 aliphatic carbocycles. The van der Waals surface area contributed by atoms with Crippen molar-refractivity contribution in [2.75, 3.05) is 7.11 Å². The summed E-state index contributed by atoms with van der Waals surface area (Å²) < 4.78 is 5.26. The first-order valence-electron chi connectivity index (χ1n) is 6.29. The molecule has 0 saturated carbocycles. The summed E-state index contributed by atoms with van der Waals surface area (Å²) in [5.74, 6) is 0.736. The molecular formula is C16H16N2O2. The number of methoxy groups -OCH3 is 1. The fourth-order valence-corrected chi connectivity index (χ4v) is 1.82. The maximum Gasteiger partial charge on any atom is 0.123 e. The van der Waals surface area contributed by atoms with Gasteiger partial charge in [0.1, 0.15) is 5.75 Å². The molecule has 4 heteroatoms. The minimum Gasteiger partial charge on any atom is -0.496 e. The Balaban J connectivity index is 1.89. The second-order valence-corrected chi connectivity index (χ2v) is 4.23. The Bertz CT molecular complexity index is 591. The van der Waals surface area contributed by atoms with E-state index in [-0.39, 0.29) is 0 Å². The van der Waals surface area contributed by atoms with Crippen molar-refractivity contribution < 1.29 is 9.57 Å². The Hall–Kier alpha value is -2.35. The highest BCUT2D eigenvalue weighted by Gasteiger charge is 2.04. The topological polar surface area (TPSA) is 54.3 Å². The Morgan fingerprint density at radius 3 is 2.65 bits per heavy atom. The second kappa shape index (κ2) is 7.29. The van der Waals surface area contributed by atoms with Crippen molar-refractivity contribution in [1.29, 1.82) is 5.26 Å². The smallest absolute Gasteiger partial charge is 0.123 e. The van der Waals surface area contributed by atoms with Crippen LogP contribution in [-0.2, 0) is 18.0 Å². The number of benzene rings is 2. The van der Waals surface area contributed by atoms with Crippen molar-refractivity contribution in [3.8, 4) is 11.8 Å². The normalized spacial score (nSPS) is 10.0. The molecule has 0 amide bonds. The third-order valence-corrected chi connectivity index (χ3v) is 2.86. The molecule has 0 saturated heterocycles. The maximum absolute atomic E-state index is 8.90. The summed E-state index contributed by atoms with van der Waals surface area (Å²) in [5.41, 5.74) is 5.47. The highest BCUT2D eigenvalue weighted by Crippen LogP contribution is 2.19. The predicted octanol–water partition coefficient (Wildman–Crippen LogP) is 2.79. The van der Waals surface area contributed by atoms with Gasteiger partial charge in [0.05, 0.1) is 25.3 Å². The van der Waals surface area contributed by atoms with E-state index in [0.29, 0.717) is 18.7 Å². The van der Waals surface area contributed by atoms with Gasteiger partial charge in [0.2, 0.25) is 0 Å². The summed E-state index contributed by atoms with van der Waals surface area (Å²) in [6, 6.07) is 17.3. The number of nitriles is 1. The Labute approximate surface area is 118 Å². The summed E-state index contributed by atoms with van der Waals surface area (Å²) in [7, 11) is 1.61. The van der Waals surface area contributed by atoms with Crippen LogP contribution < -0.4 is 10.2 Å². The van der Waals surface area contributed by atoms with Crippen LogP contribution in [0.2, 0.25) is 0 Å². The first-order chi connectivity index (χ1) is 9.83. The molecule has 2 rings (SSSR count). The summed E-state index contributed by atoms with van der Waals surface area (Å²) in [6.07, 6.45) is 0. The lowest BCUT2D eigenvalue weighted by Gasteiger charge is -2.10. The van der Waals surface area contributed by atoms with Gasteiger partial charge in [-0.25, -0.2) is 0 Å². The van der Waals surface area contributed by atoms with Gasteiger partial charge in [0, 0.05) is 12.1 Å². The molecule has 2 aromatic rings. The van der Waals surface area contributed by atoms with Crippen molar-refractivity contribution in [1.82, 2.24) is 5.48 Å². The minimum absolute atomic E-state index is 0.478. The number of nitrogens with one attached hydrogen (secondary N) is 1. The van der Waals surface area contributed by atoms with Crippen LogP contribution in [0.25, 0.3) is 0 Å². The minimum atomic E-state index is 0.478. The van der Waals surface area contributed by atoms with Crippen LogP contribution in [0.4, 0.5) is 0 Å². The summed E-state index contributed by atoms with van der Waals surface area (Å²) in [5, 5.41) is 8.90. The molecule has 102 valence electrons. The van der Waals surface area contributed by atoms with Crippen LogP contribution in [0.3, 0.4) is 0 Å². The van der Waals surface area contributed by atoms with E-state index in [0.717, 1.165) is 16.9 Å². The average molecular weight is 268 g/mol. The standard InChI is InChI=1S/C16H16N2O2/c1-19-16-8-7-14(10-17)9-15(16)11-18-20-12-13-5-3-2-4-6-13/h2-9,18H,11-12H2,1H3. The first-order valence-corrected chi connectivity index (χ1v) is 6.29. The Morgan fingerprint density at radius 2 is 1.95 bits per heavy atom. The molecule has 0 aliphatic rings. The van der Waals surface area contributed by atoms with E-state index in [9.17, 15) is 0 Å². The lowest BCUT2D eigenvalue weighted by Crippen LogP contribution is -2.14. The van der Waals surface area contributed by atoms with Gasteiger partial charge in [0.15, 0.2) is 0 Å². The van der Waals surface area contributed by atoms with Crippen LogP contribution in [-0.4, -0.2) is 7.11 Å². The number of nitrogens with zero attached hydrogens (tertiary/aromatic N) is 1. The summed E-state index contributed by atoms with van der Waals surface area (Å²) in [6.45, 7) is 0.965. The molecule has 0 heterocycles. The molecule has 0 unspecified atom stereocenters. The van der Waals surface area contributed by atoms with Crippen LogP contribution >= 0.6 is 0 Å². The van der Waals surface area contributed by atoms with Gasteiger partial charge in [-0.15, -0.1) is 0 Å². The van der Waals surface area contributed by atoms with Crippen molar-refractivity contribution in [3.63, 3.8) is 0 Å². The van der Waals surface area contributed by atoms with Crippen LogP contribution in [0.5, 0.6) is 5.75 Å². The third-order valence-electron chi connectivity index (χ3n) is 2.86. The summed E-state index contributed by atoms with van der Waals surface area (Å²) >= 11 is 0. The fraction of sp³-hybridized carbons (Fsp3) is 0.188. The maximum atomic E-state index is 8.90. The number of rotatable bonds is 6. The van der Waals surface area contributed by atoms with Crippen molar-refractivity contribution in [2.45, 2.75) is 13.2 Å². The van der Waals surface area contributed by atoms with Gasteiger partial charge in [0.25, 0.3) is 0 Å². The lowest BCUT2D eigenvalue weighted by molar-refractivity contribution is 0.0231. The highest BCUT2D eigenvalue weighted by atomic mass is 16.6. The Kier molecular flexibility index (Phi) is 5.13. The zero-order valence-electron chi connectivity index (χ0n) is 11.3. The van der Waals surface area contributed by atoms with Crippen molar-refractivity contribution in [3.05, 3.63) is 65.2 Å². The highest BCUT2D eigenvalue weighted by molar-refractivity contribution is 5.41. The van der Waals surface area contributed by atoms with Crippen LogP contribution in [0.1, 0.15) is 16.7 Å². The van der Waals surface area contributed by atoms with E-state index in [2.05, 4.69) is 11.5 Å². The zero-order chi connectivity index (χ0) is 14.2. The SMILES string of the molecule is COc1ccc(C#N)cc1CNOCc1ccccc1. The molecule has 0 fully saturated rings. The number of ether oxygens (including phenoxy) is 1. The molecule has 0 radical (unpaired) electrons. The summed E-state index contributed by atoms with van der Waals surface area (Å²) in [4.78, 5) is 5.41. The molecular weight excluding hydrogens is 252 g/mol. The molecule has 0 spiro atoms. The van der Waals surface area contributed by atoms with E-state index < -0.39 is 0 Å².